The van der Waals surface area contributed by atoms with Gasteiger partial charge in [0.1, 0.15) is 0 Å². The number of benzene rings is 3. The van der Waals surface area contributed by atoms with E-state index in [1.807, 2.05) is 60.8 Å². The molecule has 0 unspecified atom stereocenters. The molecule has 3 nitrogen and oxygen atoms in total. The molecule has 4 heteroatoms. The molecule has 0 radical (unpaired) electrons. The van der Waals surface area contributed by atoms with Crippen molar-refractivity contribution in [2.75, 3.05) is 0 Å². The van der Waals surface area contributed by atoms with E-state index in [4.69, 9.17) is 9.97 Å². The molecule has 3 aromatic carbocycles. The van der Waals surface area contributed by atoms with Crippen LogP contribution in [0, 0.1) is 0 Å². The van der Waals surface area contributed by atoms with Gasteiger partial charge in [0, 0.05) is 39.1 Å². The first kappa shape index (κ1) is 19.3. The molecule has 0 bridgehead atoms. The standard InChI is InChI=1S/C27H18BrN3/c28-24-15-22(21-12-7-13-29-18-21)14-23(16-24)26-17-25(19-8-3-1-4-9-19)30-27(31-26)20-10-5-2-6-11-20/h1-18H. The third-order valence-corrected chi connectivity index (χ3v) is 5.47. The van der Waals surface area contributed by atoms with Crippen LogP contribution in [0.4, 0.5) is 0 Å². The van der Waals surface area contributed by atoms with Crippen molar-refractivity contribution in [1.82, 2.24) is 15.0 Å². The van der Waals surface area contributed by atoms with E-state index >= 15 is 0 Å². The van der Waals surface area contributed by atoms with Crippen LogP contribution < -0.4 is 0 Å². The summed E-state index contributed by atoms with van der Waals surface area (Å²) in [6.07, 6.45) is 3.65. The molecule has 2 aromatic heterocycles. The Hall–Kier alpha value is -3.63. The van der Waals surface area contributed by atoms with Crippen LogP contribution in [0.25, 0.3) is 45.0 Å². The summed E-state index contributed by atoms with van der Waals surface area (Å²) in [6, 6.07) is 32.7. The quantitative estimate of drug-likeness (QED) is 0.280. The van der Waals surface area contributed by atoms with Gasteiger partial charge in [0.2, 0.25) is 0 Å². The van der Waals surface area contributed by atoms with Crippen LogP contribution in [0.1, 0.15) is 0 Å². The highest BCUT2D eigenvalue weighted by Gasteiger charge is 2.12. The molecule has 0 atom stereocenters. The molecule has 0 saturated heterocycles. The highest BCUT2D eigenvalue weighted by atomic mass is 79.9. The molecule has 2 heterocycles. The average molecular weight is 464 g/mol. The number of rotatable bonds is 4. The van der Waals surface area contributed by atoms with Gasteiger partial charge < -0.3 is 0 Å². The van der Waals surface area contributed by atoms with Crippen LogP contribution in [0.5, 0.6) is 0 Å². The van der Waals surface area contributed by atoms with Crippen molar-refractivity contribution in [3.05, 3.63) is 114 Å². The molecule has 0 amide bonds. The van der Waals surface area contributed by atoms with Crippen molar-refractivity contribution in [3.8, 4) is 45.0 Å². The topological polar surface area (TPSA) is 38.7 Å². The van der Waals surface area contributed by atoms with E-state index in [0.717, 1.165) is 43.7 Å². The molecule has 0 saturated carbocycles. The van der Waals surface area contributed by atoms with E-state index in [9.17, 15) is 0 Å². The van der Waals surface area contributed by atoms with Crippen LogP contribution >= 0.6 is 15.9 Å². The first-order chi connectivity index (χ1) is 15.3. The summed E-state index contributed by atoms with van der Waals surface area (Å²) in [5, 5.41) is 0. The second kappa shape index (κ2) is 8.62. The van der Waals surface area contributed by atoms with Gasteiger partial charge in [-0.1, -0.05) is 82.7 Å². The number of nitrogens with zero attached hydrogens (tertiary/aromatic N) is 3. The number of pyridine rings is 1. The van der Waals surface area contributed by atoms with Crippen LogP contribution in [-0.2, 0) is 0 Å². The van der Waals surface area contributed by atoms with E-state index in [0.29, 0.717) is 5.82 Å². The van der Waals surface area contributed by atoms with E-state index in [1.54, 1.807) is 6.20 Å². The molecule has 31 heavy (non-hydrogen) atoms. The molecular weight excluding hydrogens is 446 g/mol. The van der Waals surface area contributed by atoms with E-state index in [-0.39, 0.29) is 0 Å². The zero-order valence-electron chi connectivity index (χ0n) is 16.6. The second-order valence-corrected chi connectivity index (χ2v) is 8.08. The lowest BCUT2D eigenvalue weighted by Gasteiger charge is -2.11. The summed E-state index contributed by atoms with van der Waals surface area (Å²) in [5.41, 5.74) is 6.98. The Kier molecular flexibility index (Phi) is 5.38. The van der Waals surface area contributed by atoms with Crippen molar-refractivity contribution >= 4 is 15.9 Å². The lowest BCUT2D eigenvalue weighted by molar-refractivity contribution is 1.18. The molecule has 148 valence electrons. The number of halogens is 1. The zero-order valence-corrected chi connectivity index (χ0v) is 18.2. The molecule has 0 N–H and O–H groups in total. The average Bonchev–Trinajstić information content (AvgIpc) is 2.85. The summed E-state index contributed by atoms with van der Waals surface area (Å²) in [5.74, 6) is 0.708. The van der Waals surface area contributed by atoms with Gasteiger partial charge in [0.15, 0.2) is 5.82 Å². The van der Waals surface area contributed by atoms with Gasteiger partial charge in [-0.2, -0.15) is 0 Å². The van der Waals surface area contributed by atoms with Crippen LogP contribution in [0.2, 0.25) is 0 Å². The Labute approximate surface area is 189 Å². The minimum atomic E-state index is 0.708. The van der Waals surface area contributed by atoms with Crippen molar-refractivity contribution in [1.29, 1.82) is 0 Å². The molecule has 0 aliphatic heterocycles. The van der Waals surface area contributed by atoms with Gasteiger partial charge in [0.25, 0.3) is 0 Å². The summed E-state index contributed by atoms with van der Waals surface area (Å²) < 4.78 is 0.991. The first-order valence-electron chi connectivity index (χ1n) is 9.97. The Morgan fingerprint density at radius 2 is 1.13 bits per heavy atom. The highest BCUT2D eigenvalue weighted by Crippen LogP contribution is 2.32. The van der Waals surface area contributed by atoms with E-state index in [2.05, 4.69) is 63.4 Å². The van der Waals surface area contributed by atoms with E-state index < -0.39 is 0 Å². The highest BCUT2D eigenvalue weighted by molar-refractivity contribution is 9.10. The smallest absolute Gasteiger partial charge is 0.160 e. The fraction of sp³-hybridized carbons (Fsp3) is 0. The minimum Gasteiger partial charge on any atom is -0.264 e. The SMILES string of the molecule is Brc1cc(-c2cccnc2)cc(-c2cc(-c3ccccc3)nc(-c3ccccc3)n2)c1. The molecule has 0 aliphatic rings. The van der Waals surface area contributed by atoms with Gasteiger partial charge in [-0.3, -0.25) is 4.98 Å². The second-order valence-electron chi connectivity index (χ2n) is 7.16. The fourth-order valence-corrected chi connectivity index (χ4v) is 4.00. The molecule has 5 aromatic rings. The molecule has 5 rings (SSSR count). The van der Waals surface area contributed by atoms with Crippen LogP contribution in [0.15, 0.2) is 114 Å². The largest absolute Gasteiger partial charge is 0.264 e. The lowest BCUT2D eigenvalue weighted by atomic mass is 10.0. The maximum absolute atomic E-state index is 4.93. The van der Waals surface area contributed by atoms with Gasteiger partial charge in [0.05, 0.1) is 11.4 Å². The predicted molar refractivity (Wildman–Crippen MR) is 129 cm³/mol. The lowest BCUT2D eigenvalue weighted by Crippen LogP contribution is -1.96. The number of aromatic nitrogens is 3. The Morgan fingerprint density at radius 1 is 0.516 bits per heavy atom. The predicted octanol–water partition coefficient (Wildman–Crippen LogP) is 7.30. The Bertz CT molecular complexity index is 1260. The Balaban J connectivity index is 1.70. The maximum atomic E-state index is 4.93. The zero-order chi connectivity index (χ0) is 21.0. The van der Waals surface area contributed by atoms with Crippen LogP contribution in [0.3, 0.4) is 0 Å². The van der Waals surface area contributed by atoms with E-state index in [1.165, 1.54) is 0 Å². The molecule has 0 fully saturated rings. The summed E-state index contributed by atoms with van der Waals surface area (Å²) in [4.78, 5) is 14.1. The molecule has 0 aliphatic carbocycles. The van der Waals surface area contributed by atoms with Crippen molar-refractivity contribution in [2.24, 2.45) is 0 Å². The fourth-order valence-electron chi connectivity index (χ4n) is 3.51. The van der Waals surface area contributed by atoms with Crippen LogP contribution in [-0.4, -0.2) is 15.0 Å². The van der Waals surface area contributed by atoms with Gasteiger partial charge >= 0.3 is 0 Å². The Morgan fingerprint density at radius 3 is 1.81 bits per heavy atom. The third-order valence-electron chi connectivity index (χ3n) is 5.02. The first-order valence-corrected chi connectivity index (χ1v) is 10.8. The maximum Gasteiger partial charge on any atom is 0.160 e. The number of hydrogen-bond donors (Lipinski definition) is 0. The minimum absolute atomic E-state index is 0.708. The van der Waals surface area contributed by atoms with Crippen molar-refractivity contribution in [2.45, 2.75) is 0 Å². The molecular formula is C27H18BrN3. The number of hydrogen-bond acceptors (Lipinski definition) is 3. The normalized spacial score (nSPS) is 10.7. The summed E-state index contributed by atoms with van der Waals surface area (Å²) >= 11 is 3.67. The summed E-state index contributed by atoms with van der Waals surface area (Å²) in [7, 11) is 0. The van der Waals surface area contributed by atoms with Crippen molar-refractivity contribution < 1.29 is 0 Å². The van der Waals surface area contributed by atoms with Gasteiger partial charge in [-0.25, -0.2) is 9.97 Å². The molecule has 0 spiro atoms. The third kappa shape index (κ3) is 4.30. The van der Waals surface area contributed by atoms with Gasteiger partial charge in [-0.15, -0.1) is 0 Å². The summed E-state index contributed by atoms with van der Waals surface area (Å²) in [6.45, 7) is 0. The van der Waals surface area contributed by atoms with Crippen molar-refractivity contribution in [3.63, 3.8) is 0 Å². The van der Waals surface area contributed by atoms with Gasteiger partial charge in [-0.05, 0) is 35.9 Å². The monoisotopic (exact) mass is 463 g/mol.